The quantitative estimate of drug-likeness (QED) is 0.741. The van der Waals surface area contributed by atoms with Crippen LogP contribution in [0.15, 0.2) is 30.3 Å². The number of rotatable bonds is 7. The highest BCUT2D eigenvalue weighted by molar-refractivity contribution is 5.81. The SMILES string of the molecule is COC(=O)C[C@@H](NC(=O)[C@@H](C)CNC(C)=O)c1ccccc1. The number of hydrogen-bond donors (Lipinski definition) is 2. The van der Waals surface area contributed by atoms with E-state index in [0.717, 1.165) is 5.56 Å². The van der Waals surface area contributed by atoms with Crippen LogP contribution in [-0.4, -0.2) is 31.4 Å². The number of methoxy groups -OCH3 is 1. The summed E-state index contributed by atoms with van der Waals surface area (Å²) in [5.74, 6) is -1.21. The van der Waals surface area contributed by atoms with Crippen LogP contribution in [0.2, 0.25) is 0 Å². The average molecular weight is 306 g/mol. The Morgan fingerprint density at radius 1 is 1.18 bits per heavy atom. The van der Waals surface area contributed by atoms with Gasteiger partial charge in [0, 0.05) is 13.5 Å². The van der Waals surface area contributed by atoms with Gasteiger partial charge in [0.15, 0.2) is 0 Å². The first kappa shape index (κ1) is 17.7. The first-order valence-corrected chi connectivity index (χ1v) is 7.10. The number of carbonyl (C=O) groups excluding carboxylic acids is 3. The molecule has 0 unspecified atom stereocenters. The predicted octanol–water partition coefficient (Wildman–Crippen LogP) is 1.18. The van der Waals surface area contributed by atoms with Gasteiger partial charge in [-0.2, -0.15) is 0 Å². The molecule has 0 aromatic heterocycles. The van der Waals surface area contributed by atoms with Gasteiger partial charge in [0.1, 0.15) is 0 Å². The second-order valence-electron chi connectivity index (χ2n) is 5.09. The van der Waals surface area contributed by atoms with Crippen LogP contribution in [-0.2, 0) is 19.1 Å². The number of hydrogen-bond acceptors (Lipinski definition) is 4. The minimum atomic E-state index is -0.457. The molecule has 0 bridgehead atoms. The van der Waals surface area contributed by atoms with Crippen molar-refractivity contribution < 1.29 is 19.1 Å². The number of benzene rings is 1. The Morgan fingerprint density at radius 2 is 1.82 bits per heavy atom. The van der Waals surface area contributed by atoms with Gasteiger partial charge in [-0.15, -0.1) is 0 Å². The predicted molar refractivity (Wildman–Crippen MR) is 81.8 cm³/mol. The minimum absolute atomic E-state index is 0.0547. The summed E-state index contributed by atoms with van der Waals surface area (Å²) in [5.41, 5.74) is 0.827. The Bertz CT molecular complexity index is 516. The number of carbonyl (C=O) groups is 3. The largest absolute Gasteiger partial charge is 0.469 e. The molecule has 6 heteroatoms. The number of esters is 1. The van der Waals surface area contributed by atoms with E-state index in [9.17, 15) is 14.4 Å². The summed E-state index contributed by atoms with van der Waals surface area (Å²) in [4.78, 5) is 34.6. The van der Waals surface area contributed by atoms with Crippen molar-refractivity contribution in [3.8, 4) is 0 Å². The fourth-order valence-electron chi connectivity index (χ4n) is 1.89. The molecule has 6 nitrogen and oxygen atoms in total. The summed E-state index contributed by atoms with van der Waals surface area (Å²) >= 11 is 0. The maximum Gasteiger partial charge on any atom is 0.307 e. The Morgan fingerprint density at radius 3 is 2.36 bits per heavy atom. The van der Waals surface area contributed by atoms with Gasteiger partial charge < -0.3 is 15.4 Å². The summed E-state index contributed by atoms with van der Waals surface area (Å²) in [6.07, 6.45) is 0.0547. The Labute approximate surface area is 130 Å². The first-order chi connectivity index (χ1) is 10.4. The average Bonchev–Trinajstić information content (AvgIpc) is 2.52. The second-order valence-corrected chi connectivity index (χ2v) is 5.09. The number of amides is 2. The lowest BCUT2D eigenvalue weighted by molar-refractivity contribution is -0.141. The third kappa shape index (κ3) is 5.95. The Hall–Kier alpha value is -2.37. The van der Waals surface area contributed by atoms with Crippen molar-refractivity contribution in [3.05, 3.63) is 35.9 Å². The number of ether oxygens (including phenoxy) is 1. The molecule has 1 aromatic carbocycles. The molecule has 0 saturated carbocycles. The molecule has 2 atom stereocenters. The zero-order chi connectivity index (χ0) is 16.5. The smallest absolute Gasteiger partial charge is 0.307 e. The molecule has 1 aromatic rings. The van der Waals surface area contributed by atoms with Gasteiger partial charge in [0.05, 0.1) is 25.5 Å². The lowest BCUT2D eigenvalue weighted by atomic mass is 10.0. The van der Waals surface area contributed by atoms with Crippen LogP contribution in [0, 0.1) is 5.92 Å². The number of nitrogens with one attached hydrogen (secondary N) is 2. The van der Waals surface area contributed by atoms with Crippen molar-refractivity contribution in [2.45, 2.75) is 26.3 Å². The lowest BCUT2D eigenvalue weighted by Gasteiger charge is -2.21. The molecule has 0 aliphatic heterocycles. The molecule has 0 radical (unpaired) electrons. The van der Waals surface area contributed by atoms with Crippen molar-refractivity contribution in [2.24, 2.45) is 5.92 Å². The molecule has 120 valence electrons. The van der Waals surface area contributed by atoms with E-state index in [4.69, 9.17) is 0 Å². The third-order valence-corrected chi connectivity index (χ3v) is 3.22. The van der Waals surface area contributed by atoms with Gasteiger partial charge in [-0.25, -0.2) is 0 Å². The highest BCUT2D eigenvalue weighted by Gasteiger charge is 2.21. The van der Waals surface area contributed by atoms with Crippen LogP contribution < -0.4 is 10.6 Å². The molecule has 2 amide bonds. The van der Waals surface area contributed by atoms with Crippen molar-refractivity contribution in [1.29, 1.82) is 0 Å². The highest BCUT2D eigenvalue weighted by atomic mass is 16.5. The van der Waals surface area contributed by atoms with E-state index >= 15 is 0 Å². The van der Waals surface area contributed by atoms with Crippen molar-refractivity contribution in [3.63, 3.8) is 0 Å². The standard InChI is InChI=1S/C16H22N2O4/c1-11(10-17-12(2)19)16(21)18-14(9-15(20)22-3)13-7-5-4-6-8-13/h4-8,11,14H,9-10H2,1-3H3,(H,17,19)(H,18,21)/t11-,14+/m0/s1. The van der Waals surface area contributed by atoms with Crippen LogP contribution in [0.1, 0.15) is 31.9 Å². The summed E-state index contributed by atoms with van der Waals surface area (Å²) < 4.78 is 4.68. The van der Waals surface area contributed by atoms with Crippen LogP contribution in [0.4, 0.5) is 0 Å². The summed E-state index contributed by atoms with van der Waals surface area (Å²) in [6, 6.07) is 8.76. The summed E-state index contributed by atoms with van der Waals surface area (Å²) in [7, 11) is 1.31. The summed E-state index contributed by atoms with van der Waals surface area (Å²) in [6.45, 7) is 3.36. The molecular weight excluding hydrogens is 284 g/mol. The van der Waals surface area contributed by atoms with Crippen LogP contribution in [0.3, 0.4) is 0 Å². The second kappa shape index (κ2) is 8.81. The van der Waals surface area contributed by atoms with E-state index < -0.39 is 17.9 Å². The minimum Gasteiger partial charge on any atom is -0.469 e. The maximum absolute atomic E-state index is 12.2. The van der Waals surface area contributed by atoms with Crippen LogP contribution in [0.25, 0.3) is 0 Å². The van der Waals surface area contributed by atoms with Gasteiger partial charge in [0.2, 0.25) is 11.8 Å². The maximum atomic E-state index is 12.2. The van der Waals surface area contributed by atoms with Crippen LogP contribution in [0.5, 0.6) is 0 Å². The zero-order valence-corrected chi connectivity index (χ0v) is 13.1. The fourth-order valence-corrected chi connectivity index (χ4v) is 1.89. The fraction of sp³-hybridized carbons (Fsp3) is 0.438. The Kier molecular flexibility index (Phi) is 7.08. The summed E-state index contributed by atoms with van der Waals surface area (Å²) in [5, 5.41) is 5.43. The molecular formula is C16H22N2O4. The molecule has 0 fully saturated rings. The molecule has 0 heterocycles. The lowest BCUT2D eigenvalue weighted by Crippen LogP contribution is -2.39. The van der Waals surface area contributed by atoms with E-state index in [1.54, 1.807) is 6.92 Å². The van der Waals surface area contributed by atoms with Crippen molar-refractivity contribution in [2.75, 3.05) is 13.7 Å². The molecule has 0 aliphatic carbocycles. The molecule has 0 aliphatic rings. The van der Waals surface area contributed by atoms with Gasteiger partial charge in [0.25, 0.3) is 0 Å². The van der Waals surface area contributed by atoms with E-state index in [0.29, 0.717) is 0 Å². The first-order valence-electron chi connectivity index (χ1n) is 7.10. The Balaban J connectivity index is 2.73. The highest BCUT2D eigenvalue weighted by Crippen LogP contribution is 2.17. The molecule has 0 saturated heterocycles. The van der Waals surface area contributed by atoms with E-state index in [1.165, 1.54) is 14.0 Å². The normalized spacial score (nSPS) is 12.9. The molecule has 1 rings (SSSR count). The molecule has 22 heavy (non-hydrogen) atoms. The monoisotopic (exact) mass is 306 g/mol. The van der Waals surface area contributed by atoms with Gasteiger partial charge >= 0.3 is 5.97 Å². The van der Waals surface area contributed by atoms with Crippen LogP contribution >= 0.6 is 0 Å². The topological polar surface area (TPSA) is 84.5 Å². The van der Waals surface area contributed by atoms with Crippen molar-refractivity contribution >= 4 is 17.8 Å². The van der Waals surface area contributed by atoms with Gasteiger partial charge in [-0.05, 0) is 5.56 Å². The third-order valence-electron chi connectivity index (χ3n) is 3.22. The van der Waals surface area contributed by atoms with Gasteiger partial charge in [-0.1, -0.05) is 37.3 Å². The van der Waals surface area contributed by atoms with E-state index in [1.807, 2.05) is 30.3 Å². The van der Waals surface area contributed by atoms with Crippen molar-refractivity contribution in [1.82, 2.24) is 10.6 Å². The zero-order valence-electron chi connectivity index (χ0n) is 13.1. The van der Waals surface area contributed by atoms with E-state index in [2.05, 4.69) is 15.4 Å². The molecule has 0 spiro atoms. The molecule has 2 N–H and O–H groups in total. The van der Waals surface area contributed by atoms with Gasteiger partial charge in [-0.3, -0.25) is 14.4 Å². The van der Waals surface area contributed by atoms with E-state index in [-0.39, 0.29) is 24.8 Å².